The van der Waals surface area contributed by atoms with Gasteiger partial charge in [-0.1, -0.05) is 11.6 Å². The Hall–Kier alpha value is -0.140. The van der Waals surface area contributed by atoms with Gasteiger partial charge >= 0.3 is 0 Å². The van der Waals surface area contributed by atoms with Crippen molar-refractivity contribution in [3.05, 3.63) is 16.0 Å². The van der Waals surface area contributed by atoms with Crippen LogP contribution in [0.3, 0.4) is 0 Å². The molecule has 7 heteroatoms. The van der Waals surface area contributed by atoms with E-state index in [2.05, 4.69) is 5.32 Å². The van der Waals surface area contributed by atoms with Gasteiger partial charge in [-0.2, -0.15) is 4.31 Å². The first kappa shape index (κ1) is 13.3. The number of sulfonamides is 1. The van der Waals surface area contributed by atoms with E-state index in [0.29, 0.717) is 28.2 Å². The average molecular weight is 295 g/mol. The molecule has 1 atom stereocenters. The van der Waals surface area contributed by atoms with Crippen LogP contribution >= 0.6 is 22.9 Å². The topological polar surface area (TPSA) is 49.4 Å². The molecule has 0 radical (unpaired) electrons. The highest BCUT2D eigenvalue weighted by Crippen LogP contribution is 2.32. The standard InChI is InChI=1S/C10H15ClN2O2S2/c1-7-5-9(16-10(7)11)17(14,15)13-4-3-12-6-8(13)2/h5,8,12H,3-4,6H2,1-2H3/t8-/m0/s1. The zero-order valence-corrected chi connectivity index (χ0v) is 12.1. The van der Waals surface area contributed by atoms with E-state index < -0.39 is 10.0 Å². The van der Waals surface area contributed by atoms with Crippen molar-refractivity contribution in [2.45, 2.75) is 24.1 Å². The number of thiophene rings is 1. The highest BCUT2D eigenvalue weighted by atomic mass is 35.5. The molecule has 1 fully saturated rings. The Bertz CT molecular complexity index is 493. The maximum atomic E-state index is 12.4. The fourth-order valence-corrected chi connectivity index (χ4v) is 5.32. The predicted molar refractivity (Wildman–Crippen MR) is 70.3 cm³/mol. The summed E-state index contributed by atoms with van der Waals surface area (Å²) in [6.45, 7) is 5.63. The van der Waals surface area contributed by atoms with Crippen LogP contribution in [0.4, 0.5) is 0 Å². The van der Waals surface area contributed by atoms with Gasteiger partial charge in [-0.3, -0.25) is 0 Å². The predicted octanol–water partition coefficient (Wildman–Crippen LogP) is 1.69. The van der Waals surface area contributed by atoms with Gasteiger partial charge in [-0.15, -0.1) is 11.3 Å². The Balaban J connectivity index is 2.35. The van der Waals surface area contributed by atoms with E-state index in [1.807, 2.05) is 13.8 Å². The number of aryl methyl sites for hydroxylation is 1. The first-order valence-electron chi connectivity index (χ1n) is 5.41. The summed E-state index contributed by atoms with van der Waals surface area (Å²) < 4.78 is 27.3. The Labute approximate surface area is 111 Å². The van der Waals surface area contributed by atoms with E-state index in [1.54, 1.807) is 10.4 Å². The minimum Gasteiger partial charge on any atom is -0.314 e. The fourth-order valence-electron chi connectivity index (χ4n) is 1.85. The van der Waals surface area contributed by atoms with Crippen LogP contribution in [-0.2, 0) is 10.0 Å². The van der Waals surface area contributed by atoms with Gasteiger partial charge in [0.05, 0.1) is 4.34 Å². The monoisotopic (exact) mass is 294 g/mol. The molecule has 0 aliphatic carbocycles. The Kier molecular flexibility index (Phi) is 3.80. The van der Waals surface area contributed by atoms with Crippen LogP contribution in [0.2, 0.25) is 4.34 Å². The lowest BCUT2D eigenvalue weighted by atomic mass is 10.3. The third-order valence-electron chi connectivity index (χ3n) is 2.84. The van der Waals surface area contributed by atoms with Crippen LogP contribution in [0.15, 0.2) is 10.3 Å². The molecule has 0 amide bonds. The van der Waals surface area contributed by atoms with Crippen LogP contribution < -0.4 is 5.32 Å². The number of halogens is 1. The third kappa shape index (κ3) is 2.51. The summed E-state index contributed by atoms with van der Waals surface area (Å²) in [6, 6.07) is 1.63. The fraction of sp³-hybridized carbons (Fsp3) is 0.600. The molecule has 1 saturated heterocycles. The van der Waals surface area contributed by atoms with Crippen molar-refractivity contribution in [2.24, 2.45) is 0 Å². The summed E-state index contributed by atoms with van der Waals surface area (Å²) in [5.41, 5.74) is 0.818. The highest BCUT2D eigenvalue weighted by Gasteiger charge is 2.32. The highest BCUT2D eigenvalue weighted by molar-refractivity contribution is 7.91. The molecule has 0 saturated carbocycles. The summed E-state index contributed by atoms with van der Waals surface area (Å²) >= 11 is 7.07. The minimum absolute atomic E-state index is 0.0186. The van der Waals surface area contributed by atoms with Crippen LogP contribution in [0.5, 0.6) is 0 Å². The van der Waals surface area contributed by atoms with E-state index in [4.69, 9.17) is 11.6 Å². The summed E-state index contributed by atoms with van der Waals surface area (Å²) in [4.78, 5) is 0. The van der Waals surface area contributed by atoms with E-state index in [0.717, 1.165) is 16.9 Å². The lowest BCUT2D eigenvalue weighted by molar-refractivity contribution is 0.284. The van der Waals surface area contributed by atoms with Crippen molar-refractivity contribution < 1.29 is 8.42 Å². The summed E-state index contributed by atoms with van der Waals surface area (Å²) in [6.07, 6.45) is 0. The molecule has 2 rings (SSSR count). The lowest BCUT2D eigenvalue weighted by Crippen LogP contribution is -2.51. The molecule has 2 heterocycles. The SMILES string of the molecule is Cc1cc(S(=O)(=O)N2CCNC[C@@H]2C)sc1Cl. The smallest absolute Gasteiger partial charge is 0.252 e. The molecular formula is C10H15ClN2O2S2. The van der Waals surface area contributed by atoms with Crippen molar-refractivity contribution in [3.63, 3.8) is 0 Å². The molecule has 0 aromatic carbocycles. The zero-order valence-electron chi connectivity index (χ0n) is 9.73. The summed E-state index contributed by atoms with van der Waals surface area (Å²) in [5, 5.41) is 3.18. The quantitative estimate of drug-likeness (QED) is 0.903. The van der Waals surface area contributed by atoms with Crippen molar-refractivity contribution in [3.8, 4) is 0 Å². The summed E-state index contributed by atoms with van der Waals surface area (Å²) in [7, 11) is -3.39. The molecule has 0 unspecified atom stereocenters. The first-order valence-corrected chi connectivity index (χ1v) is 8.05. The van der Waals surface area contributed by atoms with Gasteiger partial charge in [-0.05, 0) is 25.5 Å². The molecule has 96 valence electrons. The largest absolute Gasteiger partial charge is 0.314 e. The van der Waals surface area contributed by atoms with Crippen molar-refractivity contribution in [2.75, 3.05) is 19.6 Å². The van der Waals surface area contributed by atoms with E-state index in [1.165, 1.54) is 0 Å². The van der Waals surface area contributed by atoms with E-state index >= 15 is 0 Å². The minimum atomic E-state index is -3.39. The second-order valence-electron chi connectivity index (χ2n) is 4.19. The third-order valence-corrected chi connectivity index (χ3v) is 6.86. The van der Waals surface area contributed by atoms with Crippen LogP contribution in [0.25, 0.3) is 0 Å². The maximum absolute atomic E-state index is 12.4. The molecule has 0 spiro atoms. The number of hydrogen-bond acceptors (Lipinski definition) is 4. The van der Waals surface area contributed by atoms with Crippen LogP contribution in [0.1, 0.15) is 12.5 Å². The molecule has 1 aromatic rings. The molecule has 1 aliphatic heterocycles. The lowest BCUT2D eigenvalue weighted by Gasteiger charge is -2.32. The maximum Gasteiger partial charge on any atom is 0.252 e. The number of piperazine rings is 1. The number of nitrogens with zero attached hydrogens (tertiary/aromatic N) is 1. The molecular weight excluding hydrogens is 280 g/mol. The van der Waals surface area contributed by atoms with Gasteiger partial charge in [0.25, 0.3) is 10.0 Å². The van der Waals surface area contributed by atoms with Gasteiger partial charge in [-0.25, -0.2) is 8.42 Å². The molecule has 0 bridgehead atoms. The second kappa shape index (κ2) is 4.85. The van der Waals surface area contributed by atoms with Gasteiger partial charge in [0, 0.05) is 25.7 Å². The van der Waals surface area contributed by atoms with Gasteiger partial charge in [0.2, 0.25) is 0 Å². The number of rotatable bonds is 2. The average Bonchev–Trinajstić information content (AvgIpc) is 2.60. The summed E-state index contributed by atoms with van der Waals surface area (Å²) in [5.74, 6) is 0. The van der Waals surface area contributed by atoms with Gasteiger partial charge in [0.15, 0.2) is 0 Å². The Morgan fingerprint density at radius 2 is 2.29 bits per heavy atom. The second-order valence-corrected chi connectivity index (χ2v) is 7.96. The van der Waals surface area contributed by atoms with Crippen molar-refractivity contribution in [1.82, 2.24) is 9.62 Å². The zero-order chi connectivity index (χ0) is 12.6. The molecule has 17 heavy (non-hydrogen) atoms. The van der Waals surface area contributed by atoms with Gasteiger partial charge in [0.1, 0.15) is 4.21 Å². The first-order chi connectivity index (χ1) is 7.93. The van der Waals surface area contributed by atoms with E-state index in [-0.39, 0.29) is 6.04 Å². The van der Waals surface area contributed by atoms with Gasteiger partial charge < -0.3 is 5.32 Å². The molecule has 4 nitrogen and oxygen atoms in total. The number of hydrogen-bond donors (Lipinski definition) is 1. The van der Waals surface area contributed by atoms with E-state index in [9.17, 15) is 8.42 Å². The van der Waals surface area contributed by atoms with Crippen molar-refractivity contribution >= 4 is 33.0 Å². The Morgan fingerprint density at radius 3 is 2.82 bits per heavy atom. The van der Waals surface area contributed by atoms with Crippen molar-refractivity contribution in [1.29, 1.82) is 0 Å². The molecule has 1 N–H and O–H groups in total. The normalized spacial score (nSPS) is 22.9. The van der Waals surface area contributed by atoms with Crippen LogP contribution in [-0.4, -0.2) is 38.4 Å². The number of nitrogens with one attached hydrogen (secondary N) is 1. The molecule has 1 aliphatic rings. The Morgan fingerprint density at radius 1 is 1.59 bits per heavy atom. The molecule has 1 aromatic heterocycles. The van der Waals surface area contributed by atoms with Crippen LogP contribution in [0, 0.1) is 6.92 Å².